The summed E-state index contributed by atoms with van der Waals surface area (Å²) < 4.78 is 10.1. The monoisotopic (exact) mass is 354 g/mol. The van der Waals surface area contributed by atoms with E-state index >= 15 is 0 Å². The van der Waals surface area contributed by atoms with E-state index in [0.29, 0.717) is 18.8 Å². The van der Waals surface area contributed by atoms with Gasteiger partial charge in [-0.3, -0.25) is 9.59 Å². The van der Waals surface area contributed by atoms with Gasteiger partial charge in [-0.05, 0) is 18.3 Å². The molecule has 6 nitrogen and oxygen atoms in total. The number of ether oxygens (including phenoxy) is 2. The normalized spacial score (nSPS) is 22.9. The molecule has 1 aliphatic rings. The smallest absolute Gasteiger partial charge is 0.509 e. The second-order valence-corrected chi connectivity index (χ2v) is 7.71. The molecule has 1 fully saturated rings. The van der Waals surface area contributed by atoms with Crippen LogP contribution in [0.1, 0.15) is 54.4 Å². The number of carbonyl (C=O) groups is 3. The van der Waals surface area contributed by atoms with Gasteiger partial charge in [0.2, 0.25) is 5.78 Å². The van der Waals surface area contributed by atoms with Crippen molar-refractivity contribution < 1.29 is 29.0 Å². The summed E-state index contributed by atoms with van der Waals surface area (Å²) in [5.74, 6) is -1.98. The van der Waals surface area contributed by atoms with Gasteiger partial charge in [-0.2, -0.15) is 0 Å². The number of rotatable bonds is 7. The molecule has 25 heavy (non-hydrogen) atoms. The first-order valence-corrected chi connectivity index (χ1v) is 8.91. The van der Waals surface area contributed by atoms with E-state index in [4.69, 9.17) is 9.47 Å². The number of ketones is 2. The largest absolute Gasteiger partial charge is 0.511 e. The van der Waals surface area contributed by atoms with Gasteiger partial charge in [0.25, 0.3) is 0 Å². The molecule has 0 aromatic heterocycles. The fraction of sp³-hybridized carbons (Fsp3) is 0.737. The number of allylic oxidation sites excluding steroid dienone is 1. The lowest BCUT2D eigenvalue weighted by Crippen LogP contribution is -2.31. The number of carbonyl (C=O) groups excluding carboxylic acids is 3. The fourth-order valence-corrected chi connectivity index (χ4v) is 2.61. The van der Waals surface area contributed by atoms with Crippen LogP contribution < -0.4 is 0 Å². The molecule has 0 bridgehead atoms. The van der Waals surface area contributed by atoms with Crippen molar-refractivity contribution in [1.82, 2.24) is 0 Å². The van der Waals surface area contributed by atoms with Crippen molar-refractivity contribution in [3.63, 3.8) is 0 Å². The first-order chi connectivity index (χ1) is 11.6. The highest BCUT2D eigenvalue weighted by molar-refractivity contribution is 6.29. The maximum Gasteiger partial charge on any atom is 0.509 e. The number of Topliss-reactive ketones (excluding diaryl/α,β-unsaturated/α-hetero) is 2. The zero-order valence-electron chi connectivity index (χ0n) is 16.0. The summed E-state index contributed by atoms with van der Waals surface area (Å²) in [6.45, 7) is 11.3. The Balaban J connectivity index is 3.03. The molecule has 0 amide bonds. The molecule has 0 heterocycles. The van der Waals surface area contributed by atoms with Gasteiger partial charge in [0.05, 0.1) is 12.5 Å². The summed E-state index contributed by atoms with van der Waals surface area (Å²) in [5.41, 5.74) is -0.231. The Morgan fingerprint density at radius 2 is 1.64 bits per heavy atom. The third-order valence-electron chi connectivity index (χ3n) is 4.07. The lowest BCUT2D eigenvalue weighted by atomic mass is 9.93. The van der Waals surface area contributed by atoms with Crippen molar-refractivity contribution in [2.24, 2.45) is 23.7 Å². The first kappa shape index (κ1) is 21.2. The van der Waals surface area contributed by atoms with Crippen LogP contribution in [0.5, 0.6) is 0 Å². The Morgan fingerprint density at radius 3 is 2.12 bits per heavy atom. The van der Waals surface area contributed by atoms with Crippen LogP contribution in [0.3, 0.4) is 0 Å². The molecule has 0 radical (unpaired) electrons. The SMILES string of the molecule is CC(C)CCC1C(=O)C(=C(O)C(C)C)C(=O)C1OC(=O)OCC(C)C. The van der Waals surface area contributed by atoms with Crippen LogP contribution in [-0.2, 0) is 19.1 Å². The molecule has 0 aromatic carbocycles. The van der Waals surface area contributed by atoms with E-state index < -0.39 is 29.7 Å². The molecule has 0 spiro atoms. The Kier molecular flexibility index (Phi) is 7.64. The van der Waals surface area contributed by atoms with E-state index in [1.54, 1.807) is 13.8 Å². The van der Waals surface area contributed by atoms with Gasteiger partial charge < -0.3 is 14.6 Å². The summed E-state index contributed by atoms with van der Waals surface area (Å²) in [7, 11) is 0. The molecule has 0 saturated heterocycles. The Morgan fingerprint density at radius 1 is 1.04 bits per heavy atom. The van der Waals surface area contributed by atoms with Gasteiger partial charge in [0.1, 0.15) is 11.3 Å². The molecule has 1 saturated carbocycles. The molecule has 1 N–H and O–H groups in total. The molecule has 2 unspecified atom stereocenters. The second-order valence-electron chi connectivity index (χ2n) is 7.71. The summed E-state index contributed by atoms with van der Waals surface area (Å²) in [4.78, 5) is 37.1. The van der Waals surface area contributed by atoms with Gasteiger partial charge in [0, 0.05) is 5.92 Å². The topological polar surface area (TPSA) is 89.9 Å². The Bertz CT molecular complexity index is 544. The third-order valence-corrected chi connectivity index (χ3v) is 4.07. The van der Waals surface area contributed by atoms with E-state index in [9.17, 15) is 19.5 Å². The highest BCUT2D eigenvalue weighted by atomic mass is 16.7. The molecule has 0 aliphatic heterocycles. The van der Waals surface area contributed by atoms with Crippen molar-refractivity contribution in [3.8, 4) is 0 Å². The standard InChI is InChI=1S/C19H30O6/c1-10(2)7-8-13-16(21)14(15(20)12(5)6)17(22)18(13)25-19(23)24-9-11(3)4/h10-13,18,20H,7-9H2,1-6H3. The van der Waals surface area contributed by atoms with Crippen molar-refractivity contribution >= 4 is 17.7 Å². The van der Waals surface area contributed by atoms with E-state index in [0.717, 1.165) is 0 Å². The Labute approximate surface area is 149 Å². The molecular weight excluding hydrogens is 324 g/mol. The van der Waals surface area contributed by atoms with E-state index in [1.165, 1.54) is 0 Å². The predicted molar refractivity (Wildman–Crippen MR) is 93.1 cm³/mol. The van der Waals surface area contributed by atoms with E-state index in [-0.39, 0.29) is 29.8 Å². The molecule has 0 aromatic rings. The van der Waals surface area contributed by atoms with Crippen LogP contribution in [0.25, 0.3) is 0 Å². The van der Waals surface area contributed by atoms with Crippen LogP contribution in [0, 0.1) is 23.7 Å². The third kappa shape index (κ3) is 5.58. The van der Waals surface area contributed by atoms with Crippen LogP contribution in [0.2, 0.25) is 0 Å². The molecule has 142 valence electrons. The van der Waals surface area contributed by atoms with Crippen molar-refractivity contribution in [1.29, 1.82) is 0 Å². The number of hydrogen-bond donors (Lipinski definition) is 1. The van der Waals surface area contributed by atoms with Crippen molar-refractivity contribution in [2.45, 2.75) is 60.5 Å². The van der Waals surface area contributed by atoms with Crippen LogP contribution in [-0.4, -0.2) is 35.5 Å². The summed E-state index contributed by atoms with van der Waals surface area (Å²) in [5, 5.41) is 10.2. The average molecular weight is 354 g/mol. The van der Waals surface area contributed by atoms with E-state index in [2.05, 4.69) is 0 Å². The van der Waals surface area contributed by atoms with Gasteiger partial charge >= 0.3 is 6.16 Å². The van der Waals surface area contributed by atoms with E-state index in [1.807, 2.05) is 27.7 Å². The van der Waals surface area contributed by atoms with Crippen molar-refractivity contribution in [3.05, 3.63) is 11.3 Å². The molecule has 1 rings (SSSR count). The lowest BCUT2D eigenvalue weighted by Gasteiger charge is -2.18. The fourth-order valence-electron chi connectivity index (χ4n) is 2.61. The minimum absolute atomic E-state index is 0.130. The van der Waals surface area contributed by atoms with Gasteiger partial charge in [-0.15, -0.1) is 0 Å². The number of aliphatic hydroxyl groups is 1. The first-order valence-electron chi connectivity index (χ1n) is 8.91. The number of hydrogen-bond acceptors (Lipinski definition) is 6. The van der Waals surface area contributed by atoms with Gasteiger partial charge in [-0.25, -0.2) is 4.79 Å². The zero-order chi connectivity index (χ0) is 19.3. The molecule has 2 atom stereocenters. The summed E-state index contributed by atoms with van der Waals surface area (Å²) >= 11 is 0. The number of aliphatic hydroxyl groups excluding tert-OH is 1. The second kappa shape index (κ2) is 9.02. The minimum Gasteiger partial charge on any atom is -0.511 e. The maximum absolute atomic E-state index is 12.7. The zero-order valence-corrected chi connectivity index (χ0v) is 16.0. The predicted octanol–water partition coefficient (Wildman–Crippen LogP) is 3.84. The Hall–Kier alpha value is -1.85. The van der Waals surface area contributed by atoms with Crippen LogP contribution >= 0.6 is 0 Å². The lowest BCUT2D eigenvalue weighted by molar-refractivity contribution is -0.126. The highest BCUT2D eigenvalue weighted by Crippen LogP contribution is 2.34. The van der Waals surface area contributed by atoms with Crippen LogP contribution in [0.15, 0.2) is 11.3 Å². The maximum atomic E-state index is 12.7. The summed E-state index contributed by atoms with van der Waals surface area (Å²) in [6, 6.07) is 0. The van der Waals surface area contributed by atoms with Crippen molar-refractivity contribution in [2.75, 3.05) is 6.61 Å². The highest BCUT2D eigenvalue weighted by Gasteiger charge is 2.50. The van der Waals surface area contributed by atoms with Crippen LogP contribution in [0.4, 0.5) is 4.79 Å². The quantitative estimate of drug-likeness (QED) is 0.323. The minimum atomic E-state index is -1.22. The van der Waals surface area contributed by atoms with Gasteiger partial charge in [0.15, 0.2) is 11.9 Å². The average Bonchev–Trinajstić information content (AvgIpc) is 2.73. The molecular formula is C19H30O6. The molecule has 1 aliphatic carbocycles. The molecule has 6 heteroatoms. The summed E-state index contributed by atoms with van der Waals surface area (Å²) in [6.07, 6.45) is -1.05. The van der Waals surface area contributed by atoms with Gasteiger partial charge in [-0.1, -0.05) is 48.0 Å².